The van der Waals surface area contributed by atoms with Crippen molar-refractivity contribution in [2.24, 2.45) is 0 Å². The van der Waals surface area contributed by atoms with Gasteiger partial charge in [-0.25, -0.2) is 14.8 Å². The van der Waals surface area contributed by atoms with Crippen molar-refractivity contribution in [2.75, 3.05) is 18.2 Å². The van der Waals surface area contributed by atoms with Crippen molar-refractivity contribution in [1.82, 2.24) is 9.97 Å². The first-order chi connectivity index (χ1) is 16.0. The maximum Gasteiger partial charge on any atom is 0.340 e. The van der Waals surface area contributed by atoms with Gasteiger partial charge in [0, 0.05) is 15.1 Å². The molecular formula is C24H21N3O3S3. The lowest BCUT2D eigenvalue weighted by atomic mass is 10.1. The first-order valence-corrected chi connectivity index (χ1v) is 13.1. The van der Waals surface area contributed by atoms with Crippen molar-refractivity contribution in [2.45, 2.75) is 31.2 Å². The first kappa shape index (κ1) is 22.1. The zero-order valence-corrected chi connectivity index (χ0v) is 20.6. The average Bonchev–Trinajstić information content (AvgIpc) is 3.52. The summed E-state index contributed by atoms with van der Waals surface area (Å²) in [5, 5.41) is 5.37. The minimum Gasteiger partial charge on any atom is -0.465 e. The van der Waals surface area contributed by atoms with Crippen molar-refractivity contribution < 1.29 is 14.3 Å². The number of fused-ring (bicyclic) bond motifs is 3. The van der Waals surface area contributed by atoms with E-state index in [1.165, 1.54) is 40.6 Å². The topological polar surface area (TPSA) is 81.2 Å². The SMILES string of the molecule is COC(=O)c1cc(-c2ccccc2)sc1NC(=O)CSc1nc(C)nc2sc3c(c12)CCC3. The molecule has 4 aromatic rings. The molecule has 9 heteroatoms. The molecule has 1 aliphatic rings. The Bertz CT molecular complexity index is 1360. The van der Waals surface area contributed by atoms with Crippen LogP contribution in [0.25, 0.3) is 20.7 Å². The highest BCUT2D eigenvalue weighted by molar-refractivity contribution is 8.00. The molecule has 0 spiro atoms. The Morgan fingerprint density at radius 3 is 2.76 bits per heavy atom. The van der Waals surface area contributed by atoms with Gasteiger partial charge in [0.1, 0.15) is 20.7 Å². The second-order valence-corrected chi connectivity index (χ2v) is 10.8. The van der Waals surface area contributed by atoms with E-state index < -0.39 is 5.97 Å². The number of ether oxygens (including phenoxy) is 1. The number of rotatable bonds is 6. The number of aryl methyl sites for hydroxylation is 3. The van der Waals surface area contributed by atoms with Gasteiger partial charge >= 0.3 is 5.97 Å². The van der Waals surface area contributed by atoms with E-state index in [1.807, 2.05) is 37.3 Å². The Morgan fingerprint density at radius 2 is 1.97 bits per heavy atom. The normalized spacial score (nSPS) is 12.7. The number of esters is 1. The number of benzene rings is 1. The van der Waals surface area contributed by atoms with Gasteiger partial charge in [-0.3, -0.25) is 4.79 Å². The molecule has 168 valence electrons. The lowest BCUT2D eigenvalue weighted by Crippen LogP contribution is -2.15. The van der Waals surface area contributed by atoms with E-state index in [1.54, 1.807) is 17.4 Å². The number of aromatic nitrogens is 2. The number of hydrogen-bond acceptors (Lipinski definition) is 8. The summed E-state index contributed by atoms with van der Waals surface area (Å²) in [4.78, 5) is 37.7. The molecule has 3 heterocycles. The lowest BCUT2D eigenvalue weighted by Gasteiger charge is -2.07. The van der Waals surface area contributed by atoms with Crippen LogP contribution in [0, 0.1) is 6.92 Å². The molecule has 0 radical (unpaired) electrons. The number of thioether (sulfide) groups is 1. The van der Waals surface area contributed by atoms with Crippen LogP contribution >= 0.6 is 34.4 Å². The third kappa shape index (κ3) is 4.40. The zero-order chi connectivity index (χ0) is 22.9. The Morgan fingerprint density at radius 1 is 1.15 bits per heavy atom. The molecular weight excluding hydrogens is 474 g/mol. The number of thiophene rings is 2. The van der Waals surface area contributed by atoms with Crippen LogP contribution < -0.4 is 5.32 Å². The van der Waals surface area contributed by atoms with Crippen molar-refractivity contribution in [3.8, 4) is 10.4 Å². The fourth-order valence-corrected chi connectivity index (χ4v) is 7.30. The van der Waals surface area contributed by atoms with Crippen LogP contribution in [-0.4, -0.2) is 34.7 Å². The molecule has 0 saturated heterocycles. The standard InChI is InChI=1S/C24H21N3O3S3/c1-13-25-22(20-15-9-6-10-17(15)32-23(20)26-13)31-12-19(28)27-21-16(24(29)30-2)11-18(33-21)14-7-4-3-5-8-14/h3-5,7-8,11H,6,9-10,12H2,1-2H3,(H,27,28). The van der Waals surface area contributed by atoms with Crippen molar-refractivity contribution in [1.29, 1.82) is 0 Å². The van der Waals surface area contributed by atoms with Crippen molar-refractivity contribution in [3.05, 3.63) is 58.2 Å². The predicted octanol–water partition coefficient (Wildman–Crippen LogP) is 5.73. The van der Waals surface area contributed by atoms with Gasteiger partial charge in [-0.2, -0.15) is 0 Å². The number of hydrogen-bond donors (Lipinski definition) is 1. The maximum absolute atomic E-state index is 12.9. The van der Waals surface area contributed by atoms with E-state index in [4.69, 9.17) is 4.74 Å². The summed E-state index contributed by atoms with van der Waals surface area (Å²) in [6.45, 7) is 1.88. The van der Waals surface area contributed by atoms with Gasteiger partial charge in [0.15, 0.2) is 0 Å². The number of carbonyl (C=O) groups excluding carboxylic acids is 2. The van der Waals surface area contributed by atoms with Crippen LogP contribution in [0.4, 0.5) is 5.00 Å². The minimum absolute atomic E-state index is 0.190. The summed E-state index contributed by atoms with van der Waals surface area (Å²) in [6, 6.07) is 11.5. The van der Waals surface area contributed by atoms with Crippen LogP contribution in [-0.2, 0) is 22.4 Å². The second-order valence-electron chi connectivity index (χ2n) is 7.66. The number of carbonyl (C=O) groups is 2. The predicted molar refractivity (Wildman–Crippen MR) is 135 cm³/mol. The largest absolute Gasteiger partial charge is 0.465 e. The van der Waals surface area contributed by atoms with Crippen LogP contribution in [0.15, 0.2) is 41.4 Å². The third-order valence-corrected chi connectivity index (χ3v) is 8.69. The van der Waals surface area contributed by atoms with Gasteiger partial charge in [-0.1, -0.05) is 42.1 Å². The van der Waals surface area contributed by atoms with Gasteiger partial charge in [0.25, 0.3) is 0 Å². The second kappa shape index (κ2) is 9.24. The van der Waals surface area contributed by atoms with Crippen LogP contribution in [0.3, 0.4) is 0 Å². The maximum atomic E-state index is 12.9. The molecule has 0 fully saturated rings. The summed E-state index contributed by atoms with van der Waals surface area (Å²) >= 11 is 4.53. The molecule has 5 rings (SSSR count). The molecule has 0 bridgehead atoms. The summed E-state index contributed by atoms with van der Waals surface area (Å²) < 4.78 is 4.93. The van der Waals surface area contributed by atoms with E-state index in [2.05, 4.69) is 15.3 Å². The minimum atomic E-state index is -0.474. The van der Waals surface area contributed by atoms with Gasteiger partial charge in [0.05, 0.1) is 18.4 Å². The van der Waals surface area contributed by atoms with Gasteiger partial charge < -0.3 is 10.1 Å². The van der Waals surface area contributed by atoms with E-state index in [-0.39, 0.29) is 11.7 Å². The quantitative estimate of drug-likeness (QED) is 0.209. The van der Waals surface area contributed by atoms with Crippen LogP contribution in [0.2, 0.25) is 0 Å². The highest BCUT2D eigenvalue weighted by Gasteiger charge is 2.23. The molecule has 0 aliphatic heterocycles. The Labute approximate surface area is 203 Å². The highest BCUT2D eigenvalue weighted by Crippen LogP contribution is 2.41. The van der Waals surface area contributed by atoms with Gasteiger partial charge in [-0.05, 0) is 43.4 Å². The zero-order valence-electron chi connectivity index (χ0n) is 18.1. The molecule has 1 N–H and O–H groups in total. The molecule has 6 nitrogen and oxygen atoms in total. The van der Waals surface area contributed by atoms with E-state index >= 15 is 0 Å². The Kier molecular flexibility index (Phi) is 6.18. The first-order valence-electron chi connectivity index (χ1n) is 10.5. The number of nitrogens with zero attached hydrogens (tertiary/aromatic N) is 2. The number of anilines is 1. The molecule has 0 unspecified atom stereocenters. The Balaban J connectivity index is 1.37. The molecule has 3 aromatic heterocycles. The number of amides is 1. The summed E-state index contributed by atoms with van der Waals surface area (Å²) in [6.07, 6.45) is 3.30. The monoisotopic (exact) mass is 495 g/mol. The molecule has 1 aliphatic carbocycles. The summed E-state index contributed by atoms with van der Waals surface area (Å²) in [5.41, 5.74) is 2.68. The summed E-state index contributed by atoms with van der Waals surface area (Å²) in [5.74, 6) is 0.236. The molecule has 0 atom stereocenters. The Hall–Kier alpha value is -2.75. The summed E-state index contributed by atoms with van der Waals surface area (Å²) in [7, 11) is 1.34. The van der Waals surface area contributed by atoms with Crippen LogP contribution in [0.5, 0.6) is 0 Å². The highest BCUT2D eigenvalue weighted by atomic mass is 32.2. The molecule has 1 aromatic carbocycles. The van der Waals surface area contributed by atoms with E-state index in [9.17, 15) is 9.59 Å². The smallest absolute Gasteiger partial charge is 0.340 e. The van der Waals surface area contributed by atoms with Crippen molar-refractivity contribution >= 4 is 61.5 Å². The van der Waals surface area contributed by atoms with Gasteiger partial charge in [-0.15, -0.1) is 22.7 Å². The van der Waals surface area contributed by atoms with E-state index in [0.717, 1.165) is 44.9 Å². The van der Waals surface area contributed by atoms with Crippen LogP contribution in [0.1, 0.15) is 33.0 Å². The lowest BCUT2D eigenvalue weighted by molar-refractivity contribution is -0.113. The number of nitrogens with one attached hydrogen (secondary N) is 1. The van der Waals surface area contributed by atoms with Gasteiger partial charge in [0.2, 0.25) is 5.91 Å². The fraction of sp³-hybridized carbons (Fsp3) is 0.250. The molecule has 33 heavy (non-hydrogen) atoms. The number of methoxy groups -OCH3 is 1. The molecule has 0 saturated carbocycles. The molecule has 1 amide bonds. The van der Waals surface area contributed by atoms with Crippen molar-refractivity contribution in [3.63, 3.8) is 0 Å². The van der Waals surface area contributed by atoms with E-state index in [0.29, 0.717) is 16.4 Å². The third-order valence-electron chi connectivity index (χ3n) is 5.43. The average molecular weight is 496 g/mol. The fourth-order valence-electron chi connectivity index (χ4n) is 3.96.